The Balaban J connectivity index is 2.16. The molecule has 1 N–H and O–H groups in total. The second-order valence-electron chi connectivity index (χ2n) is 4.33. The smallest absolute Gasteiger partial charge is 0.309 e. The molecule has 84 valence electrons. The Kier molecular flexibility index (Phi) is 2.02. The average Bonchev–Trinajstić information content (AvgIpc) is 2.66. The Labute approximate surface area is 92.7 Å². The third kappa shape index (κ3) is 1.14. The minimum atomic E-state index is -0.980. The number of benzene rings is 1. The number of carbonyl (C=O) groups is 1. The van der Waals surface area contributed by atoms with Crippen molar-refractivity contribution in [2.45, 2.75) is 31.0 Å². The molecule has 3 rings (SSSR count). The van der Waals surface area contributed by atoms with E-state index in [1.165, 1.54) is 0 Å². The van der Waals surface area contributed by atoms with Crippen LogP contribution in [-0.4, -0.2) is 17.3 Å². The summed E-state index contributed by atoms with van der Waals surface area (Å²) in [5.41, 5.74) is 1.01. The molecule has 0 radical (unpaired) electrons. The van der Waals surface area contributed by atoms with E-state index in [4.69, 9.17) is 4.74 Å². The molecular formula is C12H12O4. The molecule has 0 unspecified atom stereocenters. The molecule has 4 heteroatoms. The van der Waals surface area contributed by atoms with Crippen LogP contribution >= 0.6 is 0 Å². The van der Waals surface area contributed by atoms with Crippen molar-refractivity contribution in [3.05, 3.63) is 35.4 Å². The van der Waals surface area contributed by atoms with Crippen molar-refractivity contribution in [1.82, 2.24) is 0 Å². The van der Waals surface area contributed by atoms with E-state index in [2.05, 4.69) is 4.89 Å². The summed E-state index contributed by atoms with van der Waals surface area (Å²) in [6.07, 6.45) is 1.27. The van der Waals surface area contributed by atoms with Gasteiger partial charge in [0.25, 0.3) is 0 Å². The Hall–Kier alpha value is -1.39. The van der Waals surface area contributed by atoms with E-state index >= 15 is 0 Å². The van der Waals surface area contributed by atoms with Gasteiger partial charge in [0.1, 0.15) is 6.10 Å². The van der Waals surface area contributed by atoms with Crippen LogP contribution in [0.1, 0.15) is 24.0 Å². The van der Waals surface area contributed by atoms with Crippen LogP contribution in [0.25, 0.3) is 0 Å². The maximum atomic E-state index is 11.4. The van der Waals surface area contributed by atoms with E-state index in [-0.39, 0.29) is 18.5 Å². The van der Waals surface area contributed by atoms with Crippen LogP contribution in [0.2, 0.25) is 0 Å². The van der Waals surface area contributed by atoms with Crippen molar-refractivity contribution < 1.29 is 19.7 Å². The summed E-state index contributed by atoms with van der Waals surface area (Å²) in [4.78, 5) is 16.0. The summed E-state index contributed by atoms with van der Waals surface area (Å²) in [6.45, 7) is 0. The lowest BCUT2D eigenvalue weighted by Gasteiger charge is -2.35. The first kappa shape index (κ1) is 9.81. The molecule has 1 aliphatic carbocycles. The molecule has 0 aromatic heterocycles. The first-order valence-corrected chi connectivity index (χ1v) is 5.37. The lowest BCUT2D eigenvalue weighted by Crippen LogP contribution is -2.41. The van der Waals surface area contributed by atoms with Gasteiger partial charge in [-0.05, 0) is 24.0 Å². The molecule has 1 fully saturated rings. The minimum Gasteiger partial charge on any atom is -0.459 e. The zero-order chi connectivity index (χ0) is 11.2. The summed E-state index contributed by atoms with van der Waals surface area (Å²) in [5, 5.41) is 9.18. The van der Waals surface area contributed by atoms with E-state index < -0.39 is 5.60 Å². The highest BCUT2D eigenvalue weighted by Crippen LogP contribution is 2.46. The van der Waals surface area contributed by atoms with E-state index in [0.29, 0.717) is 6.42 Å². The van der Waals surface area contributed by atoms with Crippen molar-refractivity contribution in [3.8, 4) is 0 Å². The van der Waals surface area contributed by atoms with Crippen LogP contribution in [0.4, 0.5) is 0 Å². The van der Waals surface area contributed by atoms with Crippen LogP contribution < -0.4 is 0 Å². The van der Waals surface area contributed by atoms with Crippen molar-refractivity contribution >= 4 is 5.97 Å². The predicted molar refractivity (Wildman–Crippen MR) is 54.7 cm³/mol. The summed E-state index contributed by atoms with van der Waals surface area (Å²) in [7, 11) is 0. The molecule has 0 saturated carbocycles. The highest BCUT2D eigenvalue weighted by Gasteiger charge is 2.55. The summed E-state index contributed by atoms with van der Waals surface area (Å²) in [6, 6.07) is 7.71. The van der Waals surface area contributed by atoms with Gasteiger partial charge in [0.2, 0.25) is 0 Å². The first-order valence-electron chi connectivity index (χ1n) is 5.37. The van der Waals surface area contributed by atoms with Gasteiger partial charge in [0.15, 0.2) is 5.60 Å². The molecule has 4 nitrogen and oxygen atoms in total. The average molecular weight is 220 g/mol. The number of esters is 1. The van der Waals surface area contributed by atoms with Gasteiger partial charge in [0, 0.05) is 0 Å². The number of aryl methyl sites for hydroxylation is 1. The zero-order valence-electron chi connectivity index (χ0n) is 8.68. The van der Waals surface area contributed by atoms with E-state index in [1.807, 2.05) is 24.3 Å². The molecule has 1 saturated heterocycles. The molecule has 2 aliphatic rings. The van der Waals surface area contributed by atoms with Gasteiger partial charge in [-0.25, -0.2) is 4.89 Å². The maximum absolute atomic E-state index is 11.4. The number of rotatable bonds is 1. The standard InChI is InChI=1S/C12H12O4/c13-11-7-12(16-14)9-4-2-1-3-8(9)5-6-10(12)15-11/h1-4,10,14H,5-7H2/t10-,12+/m1/s1. The molecule has 0 bridgehead atoms. The molecule has 0 spiro atoms. The highest BCUT2D eigenvalue weighted by atomic mass is 17.1. The lowest BCUT2D eigenvalue weighted by molar-refractivity contribution is -0.341. The van der Waals surface area contributed by atoms with E-state index in [9.17, 15) is 10.1 Å². The fraction of sp³-hybridized carbons (Fsp3) is 0.417. The van der Waals surface area contributed by atoms with Gasteiger partial charge in [-0.3, -0.25) is 10.1 Å². The van der Waals surface area contributed by atoms with Crippen molar-refractivity contribution in [2.24, 2.45) is 0 Å². The molecule has 1 aromatic rings. The summed E-state index contributed by atoms with van der Waals surface area (Å²) in [5.74, 6) is -0.309. The number of hydrogen-bond acceptors (Lipinski definition) is 4. The minimum absolute atomic E-state index is 0.0885. The van der Waals surface area contributed by atoms with Gasteiger partial charge in [0.05, 0.1) is 6.42 Å². The van der Waals surface area contributed by atoms with Crippen LogP contribution in [0.3, 0.4) is 0 Å². The Morgan fingerprint density at radius 3 is 3.06 bits per heavy atom. The fourth-order valence-electron chi connectivity index (χ4n) is 2.76. The van der Waals surface area contributed by atoms with Crippen LogP contribution in [-0.2, 0) is 26.4 Å². The molecule has 16 heavy (non-hydrogen) atoms. The third-order valence-corrected chi connectivity index (χ3v) is 3.51. The normalized spacial score (nSPS) is 31.8. The predicted octanol–water partition coefficient (Wildman–Crippen LogP) is 1.63. The number of carbonyl (C=O) groups excluding carboxylic acids is 1. The molecule has 1 heterocycles. The van der Waals surface area contributed by atoms with Crippen LogP contribution in [0.15, 0.2) is 24.3 Å². The van der Waals surface area contributed by atoms with Crippen molar-refractivity contribution in [1.29, 1.82) is 0 Å². The summed E-state index contributed by atoms with van der Waals surface area (Å²) < 4.78 is 5.19. The fourth-order valence-corrected chi connectivity index (χ4v) is 2.76. The van der Waals surface area contributed by atoms with Crippen LogP contribution in [0.5, 0.6) is 0 Å². The molecule has 0 amide bonds. The van der Waals surface area contributed by atoms with Gasteiger partial charge in [-0.1, -0.05) is 24.3 Å². The third-order valence-electron chi connectivity index (χ3n) is 3.51. The molecule has 1 aliphatic heterocycles. The van der Waals surface area contributed by atoms with Crippen molar-refractivity contribution in [3.63, 3.8) is 0 Å². The van der Waals surface area contributed by atoms with Gasteiger partial charge in [-0.2, -0.15) is 0 Å². The van der Waals surface area contributed by atoms with E-state index in [0.717, 1.165) is 17.5 Å². The Morgan fingerprint density at radius 1 is 1.44 bits per heavy atom. The second-order valence-corrected chi connectivity index (χ2v) is 4.33. The maximum Gasteiger partial charge on any atom is 0.309 e. The Bertz CT molecular complexity index is 442. The number of ether oxygens (including phenoxy) is 1. The molecule has 2 atom stereocenters. The Morgan fingerprint density at radius 2 is 2.25 bits per heavy atom. The summed E-state index contributed by atoms with van der Waals surface area (Å²) >= 11 is 0. The lowest BCUT2D eigenvalue weighted by atomic mass is 9.76. The van der Waals surface area contributed by atoms with Gasteiger partial charge < -0.3 is 4.74 Å². The number of fused-ring (bicyclic) bond motifs is 3. The van der Waals surface area contributed by atoms with E-state index in [1.54, 1.807) is 0 Å². The first-order chi connectivity index (χ1) is 7.76. The largest absolute Gasteiger partial charge is 0.459 e. The highest BCUT2D eigenvalue weighted by molar-refractivity contribution is 5.75. The zero-order valence-corrected chi connectivity index (χ0v) is 8.68. The SMILES string of the molecule is O=C1C[C@]2(OO)c3ccccc3CC[C@H]2O1. The molecular weight excluding hydrogens is 208 g/mol. The van der Waals surface area contributed by atoms with Crippen molar-refractivity contribution in [2.75, 3.05) is 0 Å². The van der Waals surface area contributed by atoms with Gasteiger partial charge in [-0.15, -0.1) is 0 Å². The quantitative estimate of drug-likeness (QED) is 0.444. The molecule has 1 aromatic carbocycles. The number of hydrogen-bond donors (Lipinski definition) is 1. The monoisotopic (exact) mass is 220 g/mol. The second kappa shape index (κ2) is 3.30. The van der Waals surface area contributed by atoms with Crippen LogP contribution in [0, 0.1) is 0 Å². The topological polar surface area (TPSA) is 55.8 Å². The van der Waals surface area contributed by atoms with Gasteiger partial charge >= 0.3 is 5.97 Å².